The van der Waals surface area contributed by atoms with Crippen LogP contribution in [0.1, 0.15) is 31.7 Å². The Morgan fingerprint density at radius 2 is 1.71 bits per heavy atom. The molecule has 0 saturated carbocycles. The van der Waals surface area contributed by atoms with Crippen molar-refractivity contribution in [1.29, 1.82) is 0 Å². The highest BCUT2D eigenvalue weighted by Crippen LogP contribution is 2.23. The van der Waals surface area contributed by atoms with Gasteiger partial charge < -0.3 is 4.90 Å². The molecule has 0 N–H and O–H groups in total. The Morgan fingerprint density at radius 1 is 1.14 bits per heavy atom. The second-order valence-electron chi connectivity index (χ2n) is 4.14. The summed E-state index contributed by atoms with van der Waals surface area (Å²) in [5, 5.41) is 0. The lowest BCUT2D eigenvalue weighted by Crippen LogP contribution is -2.32. The minimum Gasteiger partial charge on any atom is -0.306 e. The standard InChI is InChI=1S/C13H21N/c1-5-13(14(3)4)11(2)12-9-7-6-8-10-12/h6-11,13H,5H2,1-4H3. The predicted molar refractivity (Wildman–Crippen MR) is 62.6 cm³/mol. The average Bonchev–Trinajstić information content (AvgIpc) is 2.19. The zero-order chi connectivity index (χ0) is 10.6. The molecule has 1 heteroatoms. The maximum atomic E-state index is 2.32. The smallest absolute Gasteiger partial charge is 0.0153 e. The fourth-order valence-corrected chi connectivity index (χ4v) is 2.14. The van der Waals surface area contributed by atoms with Gasteiger partial charge in [-0.15, -0.1) is 0 Å². The second-order valence-corrected chi connectivity index (χ2v) is 4.14. The molecule has 0 amide bonds. The molecule has 14 heavy (non-hydrogen) atoms. The van der Waals surface area contributed by atoms with Gasteiger partial charge >= 0.3 is 0 Å². The van der Waals surface area contributed by atoms with Crippen LogP contribution in [-0.2, 0) is 0 Å². The summed E-state index contributed by atoms with van der Waals surface area (Å²) in [5.74, 6) is 0.608. The molecule has 0 bridgehead atoms. The van der Waals surface area contributed by atoms with Gasteiger partial charge in [-0.05, 0) is 32.0 Å². The molecule has 1 rings (SSSR count). The summed E-state index contributed by atoms with van der Waals surface area (Å²) in [6.07, 6.45) is 1.20. The van der Waals surface area contributed by atoms with Crippen molar-refractivity contribution in [1.82, 2.24) is 4.90 Å². The summed E-state index contributed by atoms with van der Waals surface area (Å²) in [4.78, 5) is 2.32. The van der Waals surface area contributed by atoms with Crippen molar-refractivity contribution in [2.75, 3.05) is 14.1 Å². The molecule has 0 heterocycles. The lowest BCUT2D eigenvalue weighted by molar-refractivity contribution is 0.253. The molecular weight excluding hydrogens is 170 g/mol. The van der Waals surface area contributed by atoms with Gasteiger partial charge in [0.2, 0.25) is 0 Å². The Balaban J connectivity index is 2.78. The van der Waals surface area contributed by atoms with Crippen molar-refractivity contribution >= 4 is 0 Å². The minimum atomic E-state index is 0.608. The van der Waals surface area contributed by atoms with Gasteiger partial charge in [0, 0.05) is 6.04 Å². The number of benzene rings is 1. The van der Waals surface area contributed by atoms with E-state index in [-0.39, 0.29) is 0 Å². The Kier molecular flexibility index (Phi) is 4.15. The molecule has 0 radical (unpaired) electrons. The molecule has 1 aromatic carbocycles. The molecule has 1 nitrogen and oxygen atoms in total. The van der Waals surface area contributed by atoms with E-state index in [1.54, 1.807) is 0 Å². The third-order valence-corrected chi connectivity index (χ3v) is 2.98. The van der Waals surface area contributed by atoms with Crippen LogP contribution in [0.15, 0.2) is 30.3 Å². The largest absolute Gasteiger partial charge is 0.306 e. The van der Waals surface area contributed by atoms with Gasteiger partial charge in [-0.3, -0.25) is 0 Å². The molecule has 0 fully saturated rings. The van der Waals surface area contributed by atoms with Crippen LogP contribution in [0.2, 0.25) is 0 Å². The van der Waals surface area contributed by atoms with Gasteiger partial charge in [-0.1, -0.05) is 44.2 Å². The van der Waals surface area contributed by atoms with E-state index in [0.29, 0.717) is 12.0 Å². The average molecular weight is 191 g/mol. The van der Waals surface area contributed by atoms with E-state index in [1.807, 2.05) is 0 Å². The van der Waals surface area contributed by atoms with Gasteiger partial charge in [-0.25, -0.2) is 0 Å². The third kappa shape index (κ3) is 2.58. The quantitative estimate of drug-likeness (QED) is 0.706. The van der Waals surface area contributed by atoms with Crippen LogP contribution >= 0.6 is 0 Å². The maximum absolute atomic E-state index is 2.32. The minimum absolute atomic E-state index is 0.608. The van der Waals surface area contributed by atoms with Gasteiger partial charge in [-0.2, -0.15) is 0 Å². The van der Waals surface area contributed by atoms with Crippen LogP contribution < -0.4 is 0 Å². The molecule has 0 aliphatic rings. The van der Waals surface area contributed by atoms with Gasteiger partial charge in [0.1, 0.15) is 0 Å². The molecule has 2 atom stereocenters. The van der Waals surface area contributed by atoms with E-state index < -0.39 is 0 Å². The zero-order valence-corrected chi connectivity index (χ0v) is 9.70. The Morgan fingerprint density at radius 3 is 2.14 bits per heavy atom. The number of hydrogen-bond donors (Lipinski definition) is 0. The maximum Gasteiger partial charge on any atom is 0.0153 e. The Labute approximate surface area is 87.7 Å². The summed E-state index contributed by atoms with van der Waals surface area (Å²) >= 11 is 0. The molecule has 1 aromatic rings. The normalized spacial score (nSPS) is 15.5. The van der Waals surface area contributed by atoms with Crippen molar-refractivity contribution in [3.05, 3.63) is 35.9 Å². The summed E-state index contributed by atoms with van der Waals surface area (Å²) < 4.78 is 0. The van der Waals surface area contributed by atoms with Crippen LogP contribution in [0.4, 0.5) is 0 Å². The number of likely N-dealkylation sites (N-methyl/N-ethyl adjacent to an activating group) is 1. The lowest BCUT2D eigenvalue weighted by atomic mass is 9.91. The zero-order valence-electron chi connectivity index (χ0n) is 9.70. The Bertz CT molecular complexity index is 253. The number of nitrogens with zero attached hydrogens (tertiary/aromatic N) is 1. The molecule has 0 spiro atoms. The van der Waals surface area contributed by atoms with E-state index in [4.69, 9.17) is 0 Å². The predicted octanol–water partition coefficient (Wildman–Crippen LogP) is 3.13. The van der Waals surface area contributed by atoms with Crippen LogP contribution in [-0.4, -0.2) is 25.0 Å². The van der Waals surface area contributed by atoms with Crippen LogP contribution in [0, 0.1) is 0 Å². The van der Waals surface area contributed by atoms with Crippen LogP contribution in [0.25, 0.3) is 0 Å². The first-order valence-corrected chi connectivity index (χ1v) is 5.38. The van der Waals surface area contributed by atoms with Crippen molar-refractivity contribution in [3.63, 3.8) is 0 Å². The molecule has 78 valence electrons. The monoisotopic (exact) mass is 191 g/mol. The molecule has 2 unspecified atom stereocenters. The van der Waals surface area contributed by atoms with Crippen molar-refractivity contribution < 1.29 is 0 Å². The van der Waals surface area contributed by atoms with E-state index in [0.717, 1.165) is 0 Å². The summed E-state index contributed by atoms with van der Waals surface area (Å²) in [6.45, 7) is 4.56. The summed E-state index contributed by atoms with van der Waals surface area (Å²) in [6, 6.07) is 11.4. The van der Waals surface area contributed by atoms with Gasteiger partial charge in [0.05, 0.1) is 0 Å². The van der Waals surface area contributed by atoms with Crippen molar-refractivity contribution in [3.8, 4) is 0 Å². The molecule has 0 saturated heterocycles. The molecule has 0 aromatic heterocycles. The first-order valence-electron chi connectivity index (χ1n) is 5.38. The van der Waals surface area contributed by atoms with Crippen molar-refractivity contribution in [2.24, 2.45) is 0 Å². The third-order valence-electron chi connectivity index (χ3n) is 2.98. The SMILES string of the molecule is CCC(C(C)c1ccccc1)N(C)C. The molecule has 0 aliphatic carbocycles. The van der Waals surface area contributed by atoms with Crippen molar-refractivity contribution in [2.45, 2.75) is 32.2 Å². The first kappa shape index (κ1) is 11.3. The highest BCUT2D eigenvalue weighted by Gasteiger charge is 2.18. The Hall–Kier alpha value is -0.820. The van der Waals surface area contributed by atoms with Crippen LogP contribution in [0.3, 0.4) is 0 Å². The molecule has 0 aliphatic heterocycles. The van der Waals surface area contributed by atoms with Crippen LogP contribution in [0.5, 0.6) is 0 Å². The number of hydrogen-bond acceptors (Lipinski definition) is 1. The highest BCUT2D eigenvalue weighted by atomic mass is 15.1. The fourth-order valence-electron chi connectivity index (χ4n) is 2.14. The van der Waals surface area contributed by atoms with E-state index in [9.17, 15) is 0 Å². The van der Waals surface area contributed by atoms with E-state index in [2.05, 4.69) is 63.2 Å². The summed E-state index contributed by atoms with van der Waals surface area (Å²) in [5.41, 5.74) is 1.44. The van der Waals surface area contributed by atoms with Gasteiger partial charge in [0.15, 0.2) is 0 Å². The topological polar surface area (TPSA) is 3.24 Å². The lowest BCUT2D eigenvalue weighted by Gasteiger charge is -2.29. The van der Waals surface area contributed by atoms with E-state index in [1.165, 1.54) is 12.0 Å². The highest BCUT2D eigenvalue weighted by molar-refractivity contribution is 5.20. The fraction of sp³-hybridized carbons (Fsp3) is 0.538. The van der Waals surface area contributed by atoms with Gasteiger partial charge in [0.25, 0.3) is 0 Å². The number of rotatable bonds is 4. The summed E-state index contributed by atoms with van der Waals surface area (Å²) in [7, 11) is 4.32. The second kappa shape index (κ2) is 5.16. The first-order chi connectivity index (χ1) is 6.66. The molecular formula is C13H21N. The van der Waals surface area contributed by atoms with E-state index >= 15 is 0 Å².